The number of rotatable bonds is 7. The van der Waals surface area contributed by atoms with Crippen LogP contribution in [-0.4, -0.2) is 30.7 Å². The SMILES string of the molecule is Cc1cnc(C(F)(F)c2cccc([C@H](C)Nc3nn(C)c(=O)c4cc(=O)n(C5(C(F)F)CC5)cc34)c2F)cn1. The number of benzene rings is 1. The third-order valence-electron chi connectivity index (χ3n) is 7.02. The predicted molar refractivity (Wildman–Crippen MR) is 133 cm³/mol. The Balaban J connectivity index is 1.57. The van der Waals surface area contributed by atoms with E-state index < -0.39 is 52.1 Å². The highest BCUT2D eigenvalue weighted by Crippen LogP contribution is 2.48. The number of nitrogens with zero attached hydrogens (tertiary/aromatic N) is 5. The first-order chi connectivity index (χ1) is 18.4. The van der Waals surface area contributed by atoms with Crippen LogP contribution in [0.4, 0.5) is 27.8 Å². The Morgan fingerprint density at radius 3 is 2.44 bits per heavy atom. The number of halogens is 5. The fourth-order valence-electron chi connectivity index (χ4n) is 4.57. The molecule has 0 saturated heterocycles. The number of aromatic nitrogens is 5. The maximum Gasteiger partial charge on any atom is 0.319 e. The molecule has 0 radical (unpaired) electrons. The monoisotopic (exact) mass is 546 g/mol. The molecule has 3 aromatic heterocycles. The van der Waals surface area contributed by atoms with Crippen molar-refractivity contribution in [3.05, 3.63) is 91.9 Å². The van der Waals surface area contributed by atoms with Crippen LogP contribution in [0.1, 0.15) is 48.3 Å². The number of fused-ring (bicyclic) bond motifs is 1. The maximum atomic E-state index is 15.5. The van der Waals surface area contributed by atoms with Crippen molar-refractivity contribution in [1.82, 2.24) is 24.3 Å². The van der Waals surface area contributed by atoms with Crippen molar-refractivity contribution >= 4 is 16.6 Å². The second-order valence-electron chi connectivity index (χ2n) is 9.68. The molecular formula is C26H23F5N6O2. The summed E-state index contributed by atoms with van der Waals surface area (Å²) in [7, 11) is 1.33. The lowest BCUT2D eigenvalue weighted by molar-refractivity contribution is 0.0334. The van der Waals surface area contributed by atoms with Crippen molar-refractivity contribution in [3.8, 4) is 0 Å². The quantitative estimate of drug-likeness (QED) is 0.346. The molecule has 0 spiro atoms. The molecule has 1 atom stereocenters. The van der Waals surface area contributed by atoms with Crippen LogP contribution >= 0.6 is 0 Å². The molecule has 1 N–H and O–H groups in total. The van der Waals surface area contributed by atoms with E-state index in [2.05, 4.69) is 20.4 Å². The highest BCUT2D eigenvalue weighted by atomic mass is 19.3. The summed E-state index contributed by atoms with van der Waals surface area (Å²) < 4.78 is 75.4. The topological polar surface area (TPSA) is 94.7 Å². The van der Waals surface area contributed by atoms with Gasteiger partial charge in [0.2, 0.25) is 0 Å². The molecule has 3 heterocycles. The van der Waals surface area contributed by atoms with E-state index in [1.807, 2.05) is 0 Å². The van der Waals surface area contributed by atoms with Crippen molar-refractivity contribution in [2.75, 3.05) is 5.32 Å². The average Bonchev–Trinajstić information content (AvgIpc) is 3.69. The van der Waals surface area contributed by atoms with Gasteiger partial charge in [0.15, 0.2) is 5.82 Å². The summed E-state index contributed by atoms with van der Waals surface area (Å²) in [6.45, 7) is 3.07. The smallest absolute Gasteiger partial charge is 0.319 e. The number of pyridine rings is 1. The van der Waals surface area contributed by atoms with E-state index >= 15 is 13.2 Å². The Hall–Kier alpha value is -4.16. The number of nitrogens with one attached hydrogen (secondary N) is 1. The molecule has 1 fully saturated rings. The molecule has 0 amide bonds. The number of alkyl halides is 4. The van der Waals surface area contributed by atoms with Crippen LogP contribution in [0.15, 0.2) is 52.4 Å². The van der Waals surface area contributed by atoms with E-state index in [1.165, 1.54) is 26.1 Å². The van der Waals surface area contributed by atoms with Crippen LogP contribution in [0.3, 0.4) is 0 Å². The van der Waals surface area contributed by atoms with Gasteiger partial charge in [0.05, 0.1) is 28.9 Å². The van der Waals surface area contributed by atoms with Gasteiger partial charge in [-0.1, -0.05) is 12.1 Å². The standard InChI is InChI=1S/C26H23F5N6O2/c1-13-10-33-19(11-32-13)26(30,31)18-6-4-5-15(21(18)27)14(2)34-22-17-12-37(25(7-8-25)24(28)29)20(38)9-16(17)23(39)36(3)35-22/h4-6,9-12,14,24H,7-8H2,1-3H3,(H,34,35)/t14-/m0/s1. The summed E-state index contributed by atoms with van der Waals surface area (Å²) in [5.74, 6) is -4.99. The van der Waals surface area contributed by atoms with E-state index in [9.17, 15) is 18.4 Å². The van der Waals surface area contributed by atoms with Crippen molar-refractivity contribution < 1.29 is 22.0 Å². The molecule has 0 unspecified atom stereocenters. The fourth-order valence-corrected chi connectivity index (χ4v) is 4.57. The van der Waals surface area contributed by atoms with E-state index in [0.717, 1.165) is 40.0 Å². The molecule has 13 heteroatoms. The van der Waals surface area contributed by atoms with E-state index in [-0.39, 0.29) is 35.0 Å². The van der Waals surface area contributed by atoms with E-state index in [4.69, 9.17) is 0 Å². The van der Waals surface area contributed by atoms with Crippen molar-refractivity contribution in [2.24, 2.45) is 7.05 Å². The number of anilines is 1. The van der Waals surface area contributed by atoms with Gasteiger partial charge in [-0.2, -0.15) is 13.9 Å². The molecule has 1 saturated carbocycles. The summed E-state index contributed by atoms with van der Waals surface area (Å²) in [6.07, 6.45) is 0.562. The maximum absolute atomic E-state index is 15.5. The van der Waals surface area contributed by atoms with Crippen LogP contribution < -0.4 is 16.4 Å². The first-order valence-corrected chi connectivity index (χ1v) is 12.0. The predicted octanol–water partition coefficient (Wildman–Crippen LogP) is 4.40. The van der Waals surface area contributed by atoms with Gasteiger partial charge in [-0.3, -0.25) is 19.6 Å². The molecule has 5 rings (SSSR count). The average molecular weight is 547 g/mol. The highest BCUT2D eigenvalue weighted by molar-refractivity contribution is 5.90. The van der Waals surface area contributed by atoms with Gasteiger partial charge in [-0.25, -0.2) is 17.9 Å². The van der Waals surface area contributed by atoms with Gasteiger partial charge in [-0.05, 0) is 32.8 Å². The Kier molecular flexibility index (Phi) is 6.27. The summed E-state index contributed by atoms with van der Waals surface area (Å²) in [5.41, 5.74) is -4.42. The van der Waals surface area contributed by atoms with Crippen LogP contribution in [0.5, 0.6) is 0 Å². The molecule has 0 bridgehead atoms. The number of hydrogen-bond donors (Lipinski definition) is 1. The van der Waals surface area contributed by atoms with E-state index in [0.29, 0.717) is 5.69 Å². The van der Waals surface area contributed by atoms with Crippen LogP contribution in [-0.2, 0) is 18.5 Å². The zero-order chi connectivity index (χ0) is 28.3. The molecule has 1 aliphatic rings. The normalized spacial score (nSPS) is 15.5. The Morgan fingerprint density at radius 1 is 1.10 bits per heavy atom. The van der Waals surface area contributed by atoms with Gasteiger partial charge in [-0.15, -0.1) is 0 Å². The van der Waals surface area contributed by atoms with Gasteiger partial charge in [0.25, 0.3) is 17.5 Å². The zero-order valence-electron chi connectivity index (χ0n) is 21.1. The Bertz CT molecular complexity index is 1700. The molecule has 4 aromatic rings. The van der Waals surface area contributed by atoms with E-state index in [1.54, 1.807) is 6.92 Å². The minimum atomic E-state index is -3.79. The molecule has 0 aliphatic heterocycles. The summed E-state index contributed by atoms with van der Waals surface area (Å²) >= 11 is 0. The number of hydrogen-bond acceptors (Lipinski definition) is 6. The molecule has 8 nitrogen and oxygen atoms in total. The number of aryl methyl sites for hydroxylation is 2. The van der Waals surface area contributed by atoms with Gasteiger partial charge in [0.1, 0.15) is 17.1 Å². The van der Waals surface area contributed by atoms with Gasteiger partial charge >= 0.3 is 5.92 Å². The van der Waals surface area contributed by atoms with Crippen LogP contribution in [0.2, 0.25) is 0 Å². The largest absolute Gasteiger partial charge is 0.361 e. The molecule has 1 aromatic carbocycles. The molecule has 204 valence electrons. The molecule has 1 aliphatic carbocycles. The lowest BCUT2D eigenvalue weighted by Crippen LogP contribution is -2.36. The molecule has 39 heavy (non-hydrogen) atoms. The lowest BCUT2D eigenvalue weighted by Gasteiger charge is -2.22. The zero-order valence-corrected chi connectivity index (χ0v) is 21.1. The summed E-state index contributed by atoms with van der Waals surface area (Å²) in [6, 6.07) is 3.53. The second-order valence-corrected chi connectivity index (χ2v) is 9.68. The van der Waals surface area contributed by atoms with Crippen molar-refractivity contribution in [2.45, 2.75) is 50.6 Å². The second kappa shape index (κ2) is 9.24. The van der Waals surface area contributed by atoms with Crippen LogP contribution in [0, 0.1) is 12.7 Å². The van der Waals surface area contributed by atoms with Gasteiger partial charge in [0, 0.05) is 36.5 Å². The first-order valence-electron chi connectivity index (χ1n) is 12.0. The van der Waals surface area contributed by atoms with Gasteiger partial charge < -0.3 is 9.88 Å². The minimum absolute atomic E-state index is 0.0145. The van der Waals surface area contributed by atoms with Crippen LogP contribution in [0.25, 0.3) is 10.8 Å². The Morgan fingerprint density at radius 2 is 1.82 bits per heavy atom. The molecular weight excluding hydrogens is 523 g/mol. The van der Waals surface area contributed by atoms with Crippen molar-refractivity contribution in [3.63, 3.8) is 0 Å². The first kappa shape index (κ1) is 26.4. The highest BCUT2D eigenvalue weighted by Gasteiger charge is 2.53. The lowest BCUT2D eigenvalue weighted by atomic mass is 9.98. The third-order valence-corrected chi connectivity index (χ3v) is 7.02. The fraction of sp³-hybridized carbons (Fsp3) is 0.346. The third kappa shape index (κ3) is 4.35. The summed E-state index contributed by atoms with van der Waals surface area (Å²) in [5, 5.41) is 7.03. The van der Waals surface area contributed by atoms with Crippen molar-refractivity contribution in [1.29, 1.82) is 0 Å². The minimum Gasteiger partial charge on any atom is -0.361 e. The Labute approximate surface area is 218 Å². The summed E-state index contributed by atoms with van der Waals surface area (Å²) in [4.78, 5) is 32.9.